The van der Waals surface area contributed by atoms with Crippen LogP contribution in [-0.4, -0.2) is 16.9 Å². The first-order chi connectivity index (χ1) is 7.07. The Kier molecular flexibility index (Phi) is 3.55. The zero-order chi connectivity index (χ0) is 11.4. The van der Waals surface area contributed by atoms with Gasteiger partial charge in [0.05, 0.1) is 5.56 Å². The van der Waals surface area contributed by atoms with Gasteiger partial charge in [0.1, 0.15) is 11.7 Å². The molecule has 1 aromatic carbocycles. The van der Waals surface area contributed by atoms with Crippen molar-refractivity contribution in [2.75, 3.05) is 0 Å². The zero-order valence-electron chi connectivity index (χ0n) is 8.24. The fraction of sp³-hybridized carbons (Fsp3) is 0.273. The molecular weight excluding hydrogens is 199 g/mol. The van der Waals surface area contributed by atoms with E-state index in [2.05, 4.69) is 0 Å². The summed E-state index contributed by atoms with van der Waals surface area (Å²) in [4.78, 5) is 22.3. The van der Waals surface area contributed by atoms with Crippen LogP contribution in [0.2, 0.25) is 0 Å². The molecule has 0 saturated carbocycles. The molecule has 0 aliphatic heterocycles. The van der Waals surface area contributed by atoms with Crippen LogP contribution in [0.5, 0.6) is 0 Å². The fourth-order valence-corrected chi connectivity index (χ4v) is 1.32. The molecule has 1 N–H and O–H groups in total. The Morgan fingerprint density at radius 1 is 1.40 bits per heavy atom. The minimum Gasteiger partial charge on any atom is -0.481 e. The molecule has 1 rings (SSSR count). The van der Waals surface area contributed by atoms with E-state index in [1.165, 1.54) is 18.2 Å². The van der Waals surface area contributed by atoms with E-state index in [4.69, 9.17) is 5.11 Å². The summed E-state index contributed by atoms with van der Waals surface area (Å²) in [7, 11) is 0. The van der Waals surface area contributed by atoms with Crippen molar-refractivity contribution in [1.29, 1.82) is 0 Å². The van der Waals surface area contributed by atoms with Gasteiger partial charge in [0.25, 0.3) is 0 Å². The van der Waals surface area contributed by atoms with E-state index in [-0.39, 0.29) is 12.0 Å². The van der Waals surface area contributed by atoms with Gasteiger partial charge in [0.15, 0.2) is 5.78 Å². The SMILES string of the molecule is CCC(C(=O)O)C(=O)c1ccccc1F. The Bertz CT molecular complexity index is 387. The number of carbonyl (C=O) groups excluding carboxylic acids is 1. The van der Waals surface area contributed by atoms with Gasteiger partial charge in [0.2, 0.25) is 0 Å². The topological polar surface area (TPSA) is 54.4 Å². The maximum atomic E-state index is 13.2. The fourth-order valence-electron chi connectivity index (χ4n) is 1.32. The number of carbonyl (C=O) groups is 2. The van der Waals surface area contributed by atoms with Crippen LogP contribution < -0.4 is 0 Å². The van der Waals surface area contributed by atoms with Gasteiger partial charge in [-0.1, -0.05) is 19.1 Å². The molecule has 4 heteroatoms. The minimum atomic E-state index is -1.22. The minimum absolute atomic E-state index is 0.155. The average molecular weight is 210 g/mol. The van der Waals surface area contributed by atoms with E-state index >= 15 is 0 Å². The van der Waals surface area contributed by atoms with Gasteiger partial charge in [-0.25, -0.2) is 4.39 Å². The van der Waals surface area contributed by atoms with E-state index in [0.717, 1.165) is 6.07 Å². The molecule has 15 heavy (non-hydrogen) atoms. The Morgan fingerprint density at radius 3 is 2.47 bits per heavy atom. The summed E-state index contributed by atoms with van der Waals surface area (Å²) in [6, 6.07) is 5.39. The summed E-state index contributed by atoms with van der Waals surface area (Å²) in [5.74, 6) is -3.74. The quantitative estimate of drug-likeness (QED) is 0.611. The third-order valence-electron chi connectivity index (χ3n) is 2.16. The number of benzene rings is 1. The number of hydrogen-bond donors (Lipinski definition) is 1. The molecule has 0 saturated heterocycles. The van der Waals surface area contributed by atoms with E-state index in [1.54, 1.807) is 6.92 Å². The van der Waals surface area contributed by atoms with Crippen LogP contribution in [0.3, 0.4) is 0 Å². The zero-order valence-corrected chi connectivity index (χ0v) is 8.24. The second kappa shape index (κ2) is 4.68. The predicted molar refractivity (Wildman–Crippen MR) is 52.1 cm³/mol. The third-order valence-corrected chi connectivity index (χ3v) is 2.16. The van der Waals surface area contributed by atoms with Gasteiger partial charge in [-0.3, -0.25) is 9.59 Å². The van der Waals surface area contributed by atoms with Crippen LogP contribution in [0.25, 0.3) is 0 Å². The monoisotopic (exact) mass is 210 g/mol. The van der Waals surface area contributed by atoms with Crippen molar-refractivity contribution < 1.29 is 19.1 Å². The summed E-state index contributed by atoms with van der Waals surface area (Å²) < 4.78 is 13.2. The molecule has 0 amide bonds. The maximum Gasteiger partial charge on any atom is 0.314 e. The molecule has 0 radical (unpaired) electrons. The highest BCUT2D eigenvalue weighted by Crippen LogP contribution is 2.15. The van der Waals surface area contributed by atoms with Crippen molar-refractivity contribution in [3.05, 3.63) is 35.6 Å². The number of Topliss-reactive ketones (excluding diaryl/α,β-unsaturated/α-hetero) is 1. The van der Waals surface area contributed by atoms with E-state index in [1.807, 2.05) is 0 Å². The lowest BCUT2D eigenvalue weighted by atomic mass is 9.95. The van der Waals surface area contributed by atoms with E-state index in [9.17, 15) is 14.0 Å². The molecule has 1 unspecified atom stereocenters. The second-order valence-electron chi connectivity index (χ2n) is 3.14. The van der Waals surface area contributed by atoms with Gasteiger partial charge in [-0.2, -0.15) is 0 Å². The molecule has 80 valence electrons. The molecule has 0 aliphatic rings. The van der Waals surface area contributed by atoms with Crippen molar-refractivity contribution in [3.8, 4) is 0 Å². The highest BCUT2D eigenvalue weighted by Gasteiger charge is 2.26. The molecule has 1 aromatic rings. The summed E-state index contributed by atoms with van der Waals surface area (Å²) >= 11 is 0. The first-order valence-electron chi connectivity index (χ1n) is 4.59. The van der Waals surface area contributed by atoms with Crippen molar-refractivity contribution in [1.82, 2.24) is 0 Å². The van der Waals surface area contributed by atoms with E-state index < -0.39 is 23.5 Å². The Balaban J connectivity index is 3.03. The van der Waals surface area contributed by atoms with Crippen LogP contribution in [0.4, 0.5) is 4.39 Å². The van der Waals surface area contributed by atoms with Crippen molar-refractivity contribution in [2.24, 2.45) is 5.92 Å². The lowest BCUT2D eigenvalue weighted by molar-refractivity contribution is -0.140. The number of aliphatic carboxylic acids is 1. The van der Waals surface area contributed by atoms with Gasteiger partial charge in [0, 0.05) is 0 Å². The highest BCUT2D eigenvalue weighted by atomic mass is 19.1. The van der Waals surface area contributed by atoms with Gasteiger partial charge < -0.3 is 5.11 Å². The van der Waals surface area contributed by atoms with Gasteiger partial charge in [-0.05, 0) is 18.6 Å². The average Bonchev–Trinajstić information content (AvgIpc) is 2.18. The second-order valence-corrected chi connectivity index (χ2v) is 3.14. The molecule has 0 aromatic heterocycles. The summed E-state index contributed by atoms with van der Waals surface area (Å²) in [6.45, 7) is 1.58. The van der Waals surface area contributed by atoms with Gasteiger partial charge in [-0.15, -0.1) is 0 Å². The molecule has 3 nitrogen and oxygen atoms in total. The Labute approximate surface area is 86.5 Å². The predicted octanol–water partition coefficient (Wildman–Crippen LogP) is 2.12. The lowest BCUT2D eigenvalue weighted by Crippen LogP contribution is -2.23. The summed E-state index contributed by atoms with van der Waals surface area (Å²) in [5, 5.41) is 8.75. The molecule has 0 heterocycles. The number of hydrogen-bond acceptors (Lipinski definition) is 2. The lowest BCUT2D eigenvalue weighted by Gasteiger charge is -2.08. The molecule has 1 atom stereocenters. The number of halogens is 1. The standard InChI is InChI=1S/C11H11FO3/c1-2-7(11(14)15)10(13)8-5-3-4-6-9(8)12/h3-7H,2H2,1H3,(H,14,15). The van der Waals surface area contributed by atoms with Crippen molar-refractivity contribution >= 4 is 11.8 Å². The van der Waals surface area contributed by atoms with Crippen LogP contribution in [0.1, 0.15) is 23.7 Å². The van der Waals surface area contributed by atoms with Crippen molar-refractivity contribution in [3.63, 3.8) is 0 Å². The number of carboxylic acid groups (broad SMARTS) is 1. The maximum absolute atomic E-state index is 13.2. The number of rotatable bonds is 4. The summed E-state index contributed by atoms with van der Waals surface area (Å²) in [5.41, 5.74) is -0.160. The smallest absolute Gasteiger partial charge is 0.314 e. The molecular formula is C11H11FO3. The Hall–Kier alpha value is -1.71. The molecule has 0 spiro atoms. The molecule has 0 aliphatic carbocycles. The first kappa shape index (κ1) is 11.4. The van der Waals surface area contributed by atoms with Gasteiger partial charge >= 0.3 is 5.97 Å². The third kappa shape index (κ3) is 2.40. The van der Waals surface area contributed by atoms with Crippen LogP contribution in [-0.2, 0) is 4.79 Å². The number of ketones is 1. The molecule has 0 bridgehead atoms. The van der Waals surface area contributed by atoms with Crippen molar-refractivity contribution in [2.45, 2.75) is 13.3 Å². The summed E-state index contributed by atoms with van der Waals surface area (Å²) in [6.07, 6.45) is 0.155. The highest BCUT2D eigenvalue weighted by molar-refractivity contribution is 6.08. The van der Waals surface area contributed by atoms with Crippen LogP contribution >= 0.6 is 0 Å². The van der Waals surface area contributed by atoms with Crippen LogP contribution in [0.15, 0.2) is 24.3 Å². The first-order valence-corrected chi connectivity index (χ1v) is 4.59. The van der Waals surface area contributed by atoms with E-state index in [0.29, 0.717) is 0 Å². The Morgan fingerprint density at radius 2 is 2.00 bits per heavy atom. The molecule has 0 fully saturated rings. The normalized spacial score (nSPS) is 12.1. The largest absolute Gasteiger partial charge is 0.481 e. The number of carboxylic acids is 1. The van der Waals surface area contributed by atoms with Crippen LogP contribution in [0, 0.1) is 11.7 Å².